The number of carbonyl (C=O) groups excluding carboxylic acids is 2. The molecule has 232 valence electrons. The Morgan fingerprint density at radius 1 is 1.02 bits per heavy atom. The van der Waals surface area contributed by atoms with Gasteiger partial charge >= 0.3 is 6.03 Å². The summed E-state index contributed by atoms with van der Waals surface area (Å²) in [5.41, 5.74) is 13.1. The van der Waals surface area contributed by atoms with Gasteiger partial charge in [0.15, 0.2) is 5.82 Å². The van der Waals surface area contributed by atoms with Crippen molar-refractivity contribution >= 4 is 29.3 Å². The molecule has 0 spiro atoms. The molecule has 2 aromatic rings. The maximum absolute atomic E-state index is 12.8. The van der Waals surface area contributed by atoms with Gasteiger partial charge in [0.1, 0.15) is 17.7 Å². The van der Waals surface area contributed by atoms with Gasteiger partial charge in [-0.1, -0.05) is 25.0 Å². The number of likely N-dealkylation sites (tertiary alicyclic amines) is 1. The predicted molar refractivity (Wildman–Crippen MR) is 165 cm³/mol. The summed E-state index contributed by atoms with van der Waals surface area (Å²) in [6.07, 6.45) is 8.75. The van der Waals surface area contributed by atoms with E-state index in [2.05, 4.69) is 20.1 Å². The summed E-state index contributed by atoms with van der Waals surface area (Å²) >= 11 is 0. The van der Waals surface area contributed by atoms with Crippen molar-refractivity contribution in [3.8, 4) is 0 Å². The molecule has 0 bridgehead atoms. The van der Waals surface area contributed by atoms with Crippen LogP contribution in [0.25, 0.3) is 0 Å². The van der Waals surface area contributed by atoms with Crippen LogP contribution in [0.1, 0.15) is 68.9 Å². The molecular formula is C31H45N9O3. The van der Waals surface area contributed by atoms with Crippen LogP contribution in [-0.2, 0) is 10.2 Å². The van der Waals surface area contributed by atoms with E-state index in [1.54, 1.807) is 11.1 Å². The van der Waals surface area contributed by atoms with Crippen molar-refractivity contribution in [1.82, 2.24) is 24.7 Å². The van der Waals surface area contributed by atoms with Crippen LogP contribution in [0.5, 0.6) is 0 Å². The quantitative estimate of drug-likeness (QED) is 0.338. The monoisotopic (exact) mass is 591 g/mol. The van der Waals surface area contributed by atoms with Crippen molar-refractivity contribution in [2.45, 2.75) is 75.1 Å². The zero-order valence-electron chi connectivity index (χ0n) is 25.1. The van der Waals surface area contributed by atoms with Gasteiger partial charge in [-0.05, 0) is 69.3 Å². The minimum Gasteiger partial charge on any atom is -0.373 e. The average molecular weight is 592 g/mol. The van der Waals surface area contributed by atoms with Gasteiger partial charge in [0, 0.05) is 45.0 Å². The molecule has 2 unspecified atom stereocenters. The Hall–Kier alpha value is -3.48. The van der Waals surface area contributed by atoms with Gasteiger partial charge in [-0.2, -0.15) is 0 Å². The fourth-order valence-electron chi connectivity index (χ4n) is 7.50. The zero-order chi connectivity index (χ0) is 30.1. The summed E-state index contributed by atoms with van der Waals surface area (Å²) in [7, 11) is 1.84. The lowest BCUT2D eigenvalue weighted by molar-refractivity contribution is -0.125. The van der Waals surface area contributed by atoms with Crippen molar-refractivity contribution in [2.24, 2.45) is 11.5 Å². The third-order valence-electron chi connectivity index (χ3n) is 10.1. The van der Waals surface area contributed by atoms with E-state index < -0.39 is 11.6 Å². The fourth-order valence-corrected chi connectivity index (χ4v) is 7.50. The van der Waals surface area contributed by atoms with Crippen LogP contribution in [0.15, 0.2) is 30.5 Å². The van der Waals surface area contributed by atoms with Crippen molar-refractivity contribution in [1.29, 1.82) is 0 Å². The molecule has 6 rings (SSSR count). The topological polar surface area (TPSA) is 157 Å². The summed E-state index contributed by atoms with van der Waals surface area (Å²) in [5, 5.41) is 13.5. The molecule has 0 radical (unpaired) electrons. The largest absolute Gasteiger partial charge is 0.373 e. The Morgan fingerprint density at radius 2 is 1.72 bits per heavy atom. The van der Waals surface area contributed by atoms with Crippen molar-refractivity contribution in [3.63, 3.8) is 0 Å². The lowest BCUT2D eigenvalue weighted by Gasteiger charge is -2.42. The number of primary amides is 1. The highest BCUT2D eigenvalue weighted by Crippen LogP contribution is 2.38. The van der Waals surface area contributed by atoms with E-state index in [1.165, 1.54) is 25.7 Å². The van der Waals surface area contributed by atoms with Crippen LogP contribution in [-0.4, -0.2) is 100 Å². The third kappa shape index (κ3) is 5.87. The van der Waals surface area contributed by atoms with Gasteiger partial charge in [0.05, 0.1) is 17.7 Å². The van der Waals surface area contributed by atoms with Crippen LogP contribution >= 0.6 is 0 Å². The first-order valence-corrected chi connectivity index (χ1v) is 15.7. The number of amides is 3. The molecule has 3 amide bonds. The van der Waals surface area contributed by atoms with Crippen LogP contribution in [0.3, 0.4) is 0 Å². The van der Waals surface area contributed by atoms with Crippen molar-refractivity contribution in [3.05, 3.63) is 41.7 Å². The number of nitrogens with zero attached hydrogens (tertiary/aromatic N) is 6. The summed E-state index contributed by atoms with van der Waals surface area (Å²) < 4.78 is 0. The van der Waals surface area contributed by atoms with Gasteiger partial charge in [0.25, 0.3) is 0 Å². The minimum absolute atomic E-state index is 0.0721. The van der Waals surface area contributed by atoms with E-state index in [0.29, 0.717) is 24.2 Å². The number of aliphatic hydroxyl groups is 1. The van der Waals surface area contributed by atoms with Crippen LogP contribution in [0, 0.1) is 0 Å². The standard InChI is InChI=1S/C31H45N9O3/c1-37-17-18-40(30(37)43)24-7-4-14-39(20-24)25-19-34-26(27(32)41)28(36-25)35-22-10-8-21(9-11-22)31(29(33)42)12-15-38(16-13-31)23-5-2-3-6-23/h8-11,19,23-24,27,41H,2-7,12-18,20,32H2,1H3,(H2,33,42)(H,35,36). The number of hydrogen-bond donors (Lipinski definition) is 4. The first kappa shape index (κ1) is 29.6. The molecule has 1 aliphatic carbocycles. The molecule has 1 aromatic carbocycles. The number of rotatable bonds is 8. The smallest absolute Gasteiger partial charge is 0.320 e. The Kier molecular flexibility index (Phi) is 8.43. The average Bonchev–Trinajstić information content (AvgIpc) is 3.68. The Morgan fingerprint density at radius 3 is 2.35 bits per heavy atom. The lowest BCUT2D eigenvalue weighted by atomic mass is 9.72. The molecular weight excluding hydrogens is 546 g/mol. The number of nitrogens with two attached hydrogens (primary N) is 2. The number of urea groups is 1. The highest BCUT2D eigenvalue weighted by molar-refractivity contribution is 5.87. The van der Waals surface area contributed by atoms with E-state index in [1.807, 2.05) is 36.2 Å². The number of piperidine rings is 2. The second kappa shape index (κ2) is 12.3. The maximum Gasteiger partial charge on any atom is 0.320 e. The summed E-state index contributed by atoms with van der Waals surface area (Å²) in [6, 6.07) is 8.58. The molecule has 3 aliphatic heterocycles. The molecule has 2 atom stereocenters. The number of aliphatic hydroxyl groups excluding tert-OH is 1. The number of aromatic nitrogens is 2. The fraction of sp³-hybridized carbons (Fsp3) is 0.613. The number of hydrogen-bond acceptors (Lipinski definition) is 9. The second-order valence-electron chi connectivity index (χ2n) is 12.7. The molecule has 1 aromatic heterocycles. The van der Waals surface area contributed by atoms with Crippen molar-refractivity contribution < 1.29 is 14.7 Å². The predicted octanol–water partition coefficient (Wildman–Crippen LogP) is 2.27. The van der Waals surface area contributed by atoms with E-state index in [4.69, 9.17) is 16.5 Å². The van der Waals surface area contributed by atoms with Crippen LogP contribution < -0.4 is 21.7 Å². The third-order valence-corrected chi connectivity index (χ3v) is 10.1. The van der Waals surface area contributed by atoms with Gasteiger partial charge in [0.2, 0.25) is 5.91 Å². The Labute approximate surface area is 253 Å². The highest BCUT2D eigenvalue weighted by atomic mass is 16.3. The van der Waals surface area contributed by atoms with Gasteiger partial charge in [-0.25, -0.2) is 14.8 Å². The molecule has 4 fully saturated rings. The zero-order valence-corrected chi connectivity index (χ0v) is 25.1. The lowest BCUT2D eigenvalue weighted by Crippen LogP contribution is -2.52. The number of nitrogens with one attached hydrogen (secondary N) is 1. The first-order chi connectivity index (χ1) is 20.7. The highest BCUT2D eigenvalue weighted by Gasteiger charge is 2.43. The van der Waals surface area contributed by atoms with Crippen molar-refractivity contribution in [2.75, 3.05) is 56.5 Å². The van der Waals surface area contributed by atoms with Crippen LogP contribution in [0.4, 0.5) is 22.1 Å². The number of likely N-dealkylation sites (N-methyl/N-ethyl adjacent to an activating group) is 1. The van der Waals surface area contributed by atoms with E-state index in [0.717, 1.165) is 69.7 Å². The molecule has 12 nitrogen and oxygen atoms in total. The second-order valence-corrected chi connectivity index (χ2v) is 12.7. The molecule has 1 saturated carbocycles. The molecule has 43 heavy (non-hydrogen) atoms. The minimum atomic E-state index is -1.31. The van der Waals surface area contributed by atoms with E-state index in [9.17, 15) is 14.7 Å². The molecule has 4 heterocycles. The summed E-state index contributed by atoms with van der Waals surface area (Å²) in [6.45, 7) is 4.71. The number of carbonyl (C=O) groups is 2. The first-order valence-electron chi connectivity index (χ1n) is 15.7. The molecule has 4 aliphatic rings. The Balaban J connectivity index is 1.18. The van der Waals surface area contributed by atoms with Gasteiger partial charge in [-0.15, -0.1) is 0 Å². The number of anilines is 3. The SMILES string of the molecule is CN1CCN(C2CCCN(c3cnc(C(N)O)c(Nc4ccc(C5(C(N)=O)CCN(C6CCCC6)CC5)cc4)n3)C2)C1=O. The molecule has 3 saturated heterocycles. The van der Waals surface area contributed by atoms with Gasteiger partial charge < -0.3 is 41.5 Å². The molecule has 12 heteroatoms. The summed E-state index contributed by atoms with van der Waals surface area (Å²) in [4.78, 5) is 43.1. The molecule has 6 N–H and O–H groups in total. The van der Waals surface area contributed by atoms with Crippen LogP contribution in [0.2, 0.25) is 0 Å². The number of benzene rings is 1. The van der Waals surface area contributed by atoms with E-state index in [-0.39, 0.29) is 23.7 Å². The summed E-state index contributed by atoms with van der Waals surface area (Å²) in [5.74, 6) is 0.761. The maximum atomic E-state index is 12.8. The Bertz CT molecular complexity index is 1310. The van der Waals surface area contributed by atoms with E-state index >= 15 is 0 Å². The van der Waals surface area contributed by atoms with Gasteiger partial charge in [-0.3, -0.25) is 4.79 Å². The normalized spacial score (nSPS) is 24.0.